The van der Waals surface area contributed by atoms with Crippen molar-refractivity contribution >= 4 is 12.1 Å². The standard InChI is InChI=1S/C15H27NO5/c1-13(2,3)20-12(19)16-21-15(9-11(17)18)8-6-7-14(4,5)10-15/h6-10H2,1-5H3,(H,16,19)(H,17,18). The molecule has 6 heteroatoms. The molecule has 1 atom stereocenters. The number of aliphatic carboxylic acids is 1. The summed E-state index contributed by atoms with van der Waals surface area (Å²) >= 11 is 0. The van der Waals surface area contributed by atoms with Gasteiger partial charge in [-0.15, -0.1) is 0 Å². The summed E-state index contributed by atoms with van der Waals surface area (Å²) < 4.78 is 5.11. The van der Waals surface area contributed by atoms with Crippen molar-refractivity contribution in [2.75, 3.05) is 0 Å². The third-order valence-electron chi connectivity index (χ3n) is 3.51. The Bertz CT molecular complexity index is 399. The van der Waals surface area contributed by atoms with Crippen molar-refractivity contribution in [3.8, 4) is 0 Å². The molecule has 0 aromatic heterocycles. The van der Waals surface area contributed by atoms with Gasteiger partial charge >= 0.3 is 12.1 Å². The zero-order valence-corrected chi connectivity index (χ0v) is 13.6. The largest absolute Gasteiger partial charge is 0.481 e. The molecule has 0 saturated heterocycles. The zero-order valence-electron chi connectivity index (χ0n) is 13.6. The Hall–Kier alpha value is -1.30. The van der Waals surface area contributed by atoms with Gasteiger partial charge in [-0.05, 0) is 51.9 Å². The second kappa shape index (κ2) is 6.22. The molecule has 0 radical (unpaired) electrons. The summed E-state index contributed by atoms with van der Waals surface area (Å²) in [6.45, 7) is 9.43. The van der Waals surface area contributed by atoms with Crippen LogP contribution in [0.5, 0.6) is 0 Å². The van der Waals surface area contributed by atoms with Crippen molar-refractivity contribution in [3.63, 3.8) is 0 Å². The minimum Gasteiger partial charge on any atom is -0.481 e. The van der Waals surface area contributed by atoms with Gasteiger partial charge in [-0.2, -0.15) is 5.48 Å². The van der Waals surface area contributed by atoms with E-state index in [9.17, 15) is 9.59 Å². The van der Waals surface area contributed by atoms with Gasteiger partial charge in [0.1, 0.15) is 11.2 Å². The van der Waals surface area contributed by atoms with Crippen LogP contribution in [-0.2, 0) is 14.4 Å². The van der Waals surface area contributed by atoms with Crippen molar-refractivity contribution in [2.45, 2.75) is 77.9 Å². The number of carboxylic acids is 1. The summed E-state index contributed by atoms with van der Waals surface area (Å²) in [6.07, 6.45) is 2.25. The molecule has 1 rings (SSSR count). The Kier molecular flexibility index (Phi) is 5.25. The molecule has 1 unspecified atom stereocenters. The van der Waals surface area contributed by atoms with Gasteiger partial charge in [0.25, 0.3) is 0 Å². The molecule has 0 bridgehead atoms. The number of hydrogen-bond acceptors (Lipinski definition) is 4. The number of hydrogen-bond donors (Lipinski definition) is 2. The fraction of sp³-hybridized carbons (Fsp3) is 0.867. The van der Waals surface area contributed by atoms with Crippen LogP contribution in [0.2, 0.25) is 0 Å². The van der Waals surface area contributed by atoms with E-state index in [0.717, 1.165) is 12.8 Å². The van der Waals surface area contributed by atoms with E-state index in [4.69, 9.17) is 14.7 Å². The number of nitrogens with one attached hydrogen (secondary N) is 1. The fourth-order valence-electron chi connectivity index (χ4n) is 2.94. The molecular weight excluding hydrogens is 274 g/mol. The van der Waals surface area contributed by atoms with E-state index in [1.165, 1.54) is 0 Å². The predicted octanol–water partition coefficient (Wildman–Crippen LogP) is 3.26. The van der Waals surface area contributed by atoms with Gasteiger partial charge in [-0.25, -0.2) is 4.79 Å². The monoisotopic (exact) mass is 301 g/mol. The molecule has 21 heavy (non-hydrogen) atoms. The maximum atomic E-state index is 11.7. The Morgan fingerprint density at radius 2 is 1.86 bits per heavy atom. The molecule has 0 spiro atoms. The van der Waals surface area contributed by atoms with Crippen LogP contribution in [0.1, 0.15) is 66.7 Å². The van der Waals surface area contributed by atoms with Crippen LogP contribution in [0.3, 0.4) is 0 Å². The molecule has 122 valence electrons. The summed E-state index contributed by atoms with van der Waals surface area (Å²) in [6, 6.07) is 0. The fourth-order valence-corrected chi connectivity index (χ4v) is 2.94. The second-order valence-corrected chi connectivity index (χ2v) is 7.65. The Morgan fingerprint density at radius 1 is 1.24 bits per heavy atom. The van der Waals surface area contributed by atoms with Crippen molar-refractivity contribution in [2.24, 2.45) is 5.41 Å². The van der Waals surface area contributed by atoms with Crippen LogP contribution in [0.15, 0.2) is 0 Å². The predicted molar refractivity (Wildman–Crippen MR) is 77.7 cm³/mol. The number of rotatable bonds is 4. The van der Waals surface area contributed by atoms with Crippen LogP contribution < -0.4 is 5.48 Å². The summed E-state index contributed by atoms with van der Waals surface area (Å²) in [5.74, 6) is -0.932. The highest BCUT2D eigenvalue weighted by atomic mass is 16.7. The van der Waals surface area contributed by atoms with Crippen LogP contribution in [0.25, 0.3) is 0 Å². The molecule has 0 heterocycles. The van der Waals surface area contributed by atoms with E-state index in [1.54, 1.807) is 20.8 Å². The van der Waals surface area contributed by atoms with Crippen LogP contribution in [-0.4, -0.2) is 28.4 Å². The Morgan fingerprint density at radius 3 is 2.33 bits per heavy atom. The molecule has 1 amide bonds. The number of ether oxygens (including phenoxy) is 1. The number of amides is 1. The summed E-state index contributed by atoms with van der Waals surface area (Å²) in [7, 11) is 0. The van der Waals surface area contributed by atoms with E-state index >= 15 is 0 Å². The van der Waals surface area contributed by atoms with Crippen LogP contribution in [0.4, 0.5) is 4.79 Å². The van der Waals surface area contributed by atoms with Crippen molar-refractivity contribution in [1.29, 1.82) is 0 Å². The van der Waals surface area contributed by atoms with Crippen LogP contribution in [0, 0.1) is 5.41 Å². The lowest BCUT2D eigenvalue weighted by molar-refractivity contribution is -0.166. The molecule has 0 aliphatic heterocycles. The van der Waals surface area contributed by atoms with E-state index < -0.39 is 23.3 Å². The first kappa shape index (κ1) is 17.8. The number of carbonyl (C=O) groups is 2. The normalized spacial score (nSPS) is 25.2. The maximum Gasteiger partial charge on any atom is 0.431 e. The molecule has 1 fully saturated rings. The first-order valence-corrected chi connectivity index (χ1v) is 7.32. The number of carboxylic acid groups (broad SMARTS) is 1. The molecular formula is C15H27NO5. The van der Waals surface area contributed by atoms with E-state index in [2.05, 4.69) is 19.3 Å². The van der Waals surface area contributed by atoms with Gasteiger partial charge in [-0.1, -0.05) is 13.8 Å². The van der Waals surface area contributed by atoms with Crippen molar-refractivity contribution in [1.82, 2.24) is 5.48 Å². The Balaban J connectivity index is 2.71. The molecule has 1 aliphatic carbocycles. The first-order valence-electron chi connectivity index (χ1n) is 7.32. The van der Waals surface area contributed by atoms with Crippen molar-refractivity contribution < 1.29 is 24.3 Å². The van der Waals surface area contributed by atoms with Gasteiger partial charge in [-0.3, -0.25) is 9.63 Å². The average Bonchev–Trinajstić information content (AvgIpc) is 2.21. The average molecular weight is 301 g/mol. The minimum absolute atomic E-state index is 0.0106. The second-order valence-electron chi connectivity index (χ2n) is 7.65. The number of hydroxylamine groups is 1. The lowest BCUT2D eigenvalue weighted by Crippen LogP contribution is -2.48. The van der Waals surface area contributed by atoms with Gasteiger partial charge < -0.3 is 9.84 Å². The smallest absolute Gasteiger partial charge is 0.431 e. The van der Waals surface area contributed by atoms with E-state index in [1.807, 2.05) is 0 Å². The first-order chi connectivity index (χ1) is 9.43. The highest BCUT2D eigenvalue weighted by molar-refractivity contribution is 5.68. The van der Waals surface area contributed by atoms with Gasteiger partial charge in [0, 0.05) is 0 Å². The summed E-state index contributed by atoms with van der Waals surface area (Å²) in [5, 5.41) is 9.13. The molecule has 0 aromatic carbocycles. The van der Waals surface area contributed by atoms with Gasteiger partial charge in [0.05, 0.1) is 6.42 Å². The van der Waals surface area contributed by atoms with E-state index in [0.29, 0.717) is 12.8 Å². The van der Waals surface area contributed by atoms with Gasteiger partial charge in [0.2, 0.25) is 0 Å². The molecule has 6 nitrogen and oxygen atoms in total. The lowest BCUT2D eigenvalue weighted by atomic mass is 9.68. The zero-order chi connectivity index (χ0) is 16.3. The lowest BCUT2D eigenvalue weighted by Gasteiger charge is -2.43. The summed E-state index contributed by atoms with van der Waals surface area (Å²) in [4.78, 5) is 28.3. The SMILES string of the molecule is CC1(C)CCCC(CC(=O)O)(ONC(=O)OC(C)(C)C)C1. The summed E-state index contributed by atoms with van der Waals surface area (Å²) in [5.41, 5.74) is 0.761. The highest BCUT2D eigenvalue weighted by Crippen LogP contribution is 2.44. The third kappa shape index (κ3) is 6.33. The van der Waals surface area contributed by atoms with Crippen LogP contribution >= 0.6 is 0 Å². The molecule has 0 aromatic rings. The number of carbonyl (C=O) groups excluding carboxylic acids is 1. The topological polar surface area (TPSA) is 84.9 Å². The molecule has 2 N–H and O–H groups in total. The minimum atomic E-state index is -0.932. The van der Waals surface area contributed by atoms with Gasteiger partial charge in [0.15, 0.2) is 0 Å². The van der Waals surface area contributed by atoms with Crippen molar-refractivity contribution in [3.05, 3.63) is 0 Å². The quantitative estimate of drug-likeness (QED) is 0.778. The molecule has 1 saturated carbocycles. The highest BCUT2D eigenvalue weighted by Gasteiger charge is 2.43. The Labute approximate surface area is 126 Å². The maximum absolute atomic E-state index is 11.7. The third-order valence-corrected chi connectivity index (χ3v) is 3.51. The van der Waals surface area contributed by atoms with E-state index in [-0.39, 0.29) is 11.8 Å². The molecule has 1 aliphatic rings.